The number of carbonyl (C=O) groups excluding carboxylic acids is 1. The highest BCUT2D eigenvalue weighted by molar-refractivity contribution is 9.10. The monoisotopic (exact) mass is 506 g/mol. The summed E-state index contributed by atoms with van der Waals surface area (Å²) in [5, 5.41) is 14.0. The van der Waals surface area contributed by atoms with Gasteiger partial charge in [0.05, 0.1) is 22.2 Å². The first-order valence-electron chi connectivity index (χ1n) is 11.5. The van der Waals surface area contributed by atoms with Crippen LogP contribution in [0.25, 0.3) is 22.2 Å². The van der Waals surface area contributed by atoms with E-state index in [0.717, 1.165) is 32.2 Å². The Morgan fingerprint density at radius 2 is 1.79 bits per heavy atom. The minimum atomic E-state index is -0.692. The Hall–Kier alpha value is -2.73. The van der Waals surface area contributed by atoms with E-state index in [1.54, 1.807) is 0 Å². The zero-order valence-corrected chi connectivity index (χ0v) is 20.4. The molecule has 5 nitrogen and oxygen atoms in total. The van der Waals surface area contributed by atoms with Crippen molar-refractivity contribution in [3.05, 3.63) is 64.1 Å². The van der Waals surface area contributed by atoms with Gasteiger partial charge in [0.1, 0.15) is 0 Å². The third kappa shape index (κ3) is 3.55. The predicted molar refractivity (Wildman–Crippen MR) is 132 cm³/mol. The van der Waals surface area contributed by atoms with Gasteiger partial charge in [-0.05, 0) is 68.7 Å². The van der Waals surface area contributed by atoms with Crippen molar-refractivity contribution in [2.45, 2.75) is 51.5 Å². The number of rotatable bonds is 4. The Morgan fingerprint density at radius 3 is 2.42 bits per heavy atom. The van der Waals surface area contributed by atoms with Crippen LogP contribution in [-0.4, -0.2) is 27.5 Å². The standard InChI is InChI=1S/C27H27BrN2O3/c1-16-15-26(10-12-27(16,13-11-26)25(32)33)30-24(31)22-17(2)23(18-6-4-3-5-7-18)29-21-9-8-19(28)14-20(21)22/h3-9,14,16H,10-13,15H2,1-2H3,(H,30,31)(H,32,33). The van der Waals surface area contributed by atoms with Gasteiger partial charge in [0.25, 0.3) is 5.91 Å². The van der Waals surface area contributed by atoms with Gasteiger partial charge in [-0.15, -0.1) is 0 Å². The first-order valence-corrected chi connectivity index (χ1v) is 12.3. The van der Waals surface area contributed by atoms with Crippen LogP contribution in [0, 0.1) is 18.3 Å². The Morgan fingerprint density at radius 1 is 1.09 bits per heavy atom. The van der Waals surface area contributed by atoms with Gasteiger partial charge in [-0.2, -0.15) is 0 Å². The van der Waals surface area contributed by atoms with Gasteiger partial charge in [0.15, 0.2) is 0 Å². The number of aromatic nitrogens is 1. The van der Waals surface area contributed by atoms with Gasteiger partial charge >= 0.3 is 5.97 Å². The molecule has 170 valence electrons. The second-order valence-corrected chi connectivity index (χ2v) is 10.7. The van der Waals surface area contributed by atoms with Crippen molar-refractivity contribution in [1.82, 2.24) is 10.3 Å². The number of hydrogen-bond donors (Lipinski definition) is 2. The summed E-state index contributed by atoms with van der Waals surface area (Å²) in [5.41, 5.74) is 3.05. The van der Waals surface area contributed by atoms with Crippen LogP contribution in [0.2, 0.25) is 0 Å². The SMILES string of the molecule is Cc1c(-c2ccccc2)nc2ccc(Br)cc2c1C(=O)NC12CCC(C(=O)O)(CC1)C(C)C2. The molecular formula is C27H27BrN2O3. The van der Waals surface area contributed by atoms with E-state index in [1.165, 1.54) is 0 Å². The second-order valence-electron chi connectivity index (χ2n) is 9.79. The van der Waals surface area contributed by atoms with Crippen LogP contribution in [0.4, 0.5) is 0 Å². The van der Waals surface area contributed by atoms with Gasteiger partial charge in [0, 0.05) is 21.0 Å². The summed E-state index contributed by atoms with van der Waals surface area (Å²) < 4.78 is 0.895. The van der Waals surface area contributed by atoms with Crippen LogP contribution in [0.5, 0.6) is 0 Å². The lowest BCUT2D eigenvalue weighted by atomic mass is 9.52. The van der Waals surface area contributed by atoms with E-state index in [9.17, 15) is 14.7 Å². The summed E-state index contributed by atoms with van der Waals surface area (Å²) in [6, 6.07) is 15.8. The van der Waals surface area contributed by atoms with Gasteiger partial charge < -0.3 is 10.4 Å². The number of carboxylic acids is 1. The van der Waals surface area contributed by atoms with Crippen molar-refractivity contribution in [3.8, 4) is 11.3 Å². The predicted octanol–water partition coefficient (Wildman–Crippen LogP) is 6.13. The topological polar surface area (TPSA) is 79.3 Å². The summed E-state index contributed by atoms with van der Waals surface area (Å²) >= 11 is 3.55. The summed E-state index contributed by atoms with van der Waals surface area (Å²) in [5.74, 6) is -0.767. The molecule has 1 unspecified atom stereocenters. The number of hydrogen-bond acceptors (Lipinski definition) is 3. The second kappa shape index (κ2) is 7.94. The Kier molecular flexibility index (Phi) is 5.31. The molecule has 3 aliphatic carbocycles. The molecule has 3 fully saturated rings. The highest BCUT2D eigenvalue weighted by Gasteiger charge is 2.57. The molecule has 0 saturated heterocycles. The maximum absolute atomic E-state index is 13.9. The van der Waals surface area contributed by atoms with E-state index in [-0.39, 0.29) is 17.4 Å². The first kappa shape index (κ1) is 22.1. The average Bonchev–Trinajstić information content (AvgIpc) is 2.79. The van der Waals surface area contributed by atoms with Gasteiger partial charge in [-0.25, -0.2) is 4.98 Å². The number of benzene rings is 2. The minimum Gasteiger partial charge on any atom is -0.481 e. The molecule has 1 atom stereocenters. The molecule has 3 aromatic rings. The van der Waals surface area contributed by atoms with Crippen molar-refractivity contribution < 1.29 is 14.7 Å². The summed E-state index contributed by atoms with van der Waals surface area (Å²) in [6.07, 6.45) is 3.32. The normalized spacial score (nSPS) is 26.3. The third-order valence-corrected chi connectivity index (χ3v) is 8.50. The number of fused-ring (bicyclic) bond motifs is 4. The van der Waals surface area contributed by atoms with Gasteiger partial charge in [0.2, 0.25) is 0 Å². The molecule has 3 saturated carbocycles. The van der Waals surface area contributed by atoms with E-state index < -0.39 is 11.4 Å². The van der Waals surface area contributed by atoms with Crippen LogP contribution in [0.15, 0.2) is 53.0 Å². The largest absolute Gasteiger partial charge is 0.481 e. The molecule has 3 aliphatic rings. The quantitative estimate of drug-likeness (QED) is 0.446. The maximum atomic E-state index is 13.9. The lowest BCUT2D eigenvalue weighted by molar-refractivity contribution is -0.162. The summed E-state index contributed by atoms with van der Waals surface area (Å²) in [4.78, 5) is 30.8. The average molecular weight is 507 g/mol. The maximum Gasteiger partial charge on any atom is 0.309 e. The third-order valence-electron chi connectivity index (χ3n) is 8.01. The number of nitrogens with zero attached hydrogens (tertiary/aromatic N) is 1. The molecule has 6 rings (SSSR count). The molecule has 2 N–H and O–H groups in total. The highest BCUT2D eigenvalue weighted by Crippen LogP contribution is 2.55. The zero-order chi connectivity index (χ0) is 23.4. The summed E-state index contributed by atoms with van der Waals surface area (Å²) in [7, 11) is 0. The van der Waals surface area contributed by atoms with Crippen LogP contribution in [0.3, 0.4) is 0 Å². The number of pyridine rings is 1. The molecule has 33 heavy (non-hydrogen) atoms. The zero-order valence-electron chi connectivity index (χ0n) is 18.8. The van der Waals surface area contributed by atoms with Gasteiger partial charge in [-0.3, -0.25) is 9.59 Å². The lowest BCUT2D eigenvalue weighted by Gasteiger charge is -2.55. The van der Waals surface area contributed by atoms with E-state index in [0.29, 0.717) is 37.7 Å². The van der Waals surface area contributed by atoms with Crippen molar-refractivity contribution >= 4 is 38.7 Å². The van der Waals surface area contributed by atoms with E-state index in [1.807, 2.05) is 62.4 Å². The van der Waals surface area contributed by atoms with Crippen LogP contribution < -0.4 is 5.32 Å². The van der Waals surface area contributed by atoms with Crippen molar-refractivity contribution in [1.29, 1.82) is 0 Å². The molecule has 0 aliphatic heterocycles. The van der Waals surface area contributed by atoms with E-state index in [4.69, 9.17) is 4.98 Å². The van der Waals surface area contributed by atoms with Crippen molar-refractivity contribution in [3.63, 3.8) is 0 Å². The molecule has 2 bridgehead atoms. The van der Waals surface area contributed by atoms with Crippen molar-refractivity contribution in [2.75, 3.05) is 0 Å². The summed E-state index contributed by atoms with van der Waals surface area (Å²) in [6.45, 7) is 3.98. The first-order chi connectivity index (χ1) is 15.7. The fourth-order valence-electron chi connectivity index (χ4n) is 6.06. The molecule has 2 aromatic carbocycles. The molecule has 1 heterocycles. The Balaban J connectivity index is 1.57. The van der Waals surface area contributed by atoms with E-state index >= 15 is 0 Å². The fourth-order valence-corrected chi connectivity index (χ4v) is 6.42. The lowest BCUT2D eigenvalue weighted by Crippen LogP contribution is -2.61. The van der Waals surface area contributed by atoms with Gasteiger partial charge in [-0.1, -0.05) is 53.2 Å². The molecule has 0 radical (unpaired) electrons. The number of aliphatic carboxylic acids is 1. The van der Waals surface area contributed by atoms with Crippen LogP contribution >= 0.6 is 15.9 Å². The van der Waals surface area contributed by atoms with Crippen molar-refractivity contribution in [2.24, 2.45) is 11.3 Å². The Labute approximate surface area is 201 Å². The Bertz CT molecular complexity index is 1260. The molecule has 1 aromatic heterocycles. The number of carbonyl (C=O) groups is 2. The van der Waals surface area contributed by atoms with E-state index in [2.05, 4.69) is 21.2 Å². The van der Waals surface area contributed by atoms with Crippen LogP contribution in [-0.2, 0) is 4.79 Å². The highest BCUT2D eigenvalue weighted by atomic mass is 79.9. The number of nitrogens with one attached hydrogen (secondary N) is 1. The van der Waals surface area contributed by atoms with Crippen LogP contribution in [0.1, 0.15) is 54.9 Å². The molecule has 1 amide bonds. The smallest absolute Gasteiger partial charge is 0.309 e. The number of carboxylic acid groups (broad SMARTS) is 1. The minimum absolute atomic E-state index is 0.0297. The molecular weight excluding hydrogens is 480 g/mol. The number of halogens is 1. The number of amides is 1. The molecule has 6 heteroatoms. The fraction of sp³-hybridized carbons (Fsp3) is 0.370. The molecule has 0 spiro atoms.